The summed E-state index contributed by atoms with van der Waals surface area (Å²) in [6.45, 7) is 0. The maximum atomic E-state index is 11.7. The molecule has 0 aliphatic heterocycles. The first-order chi connectivity index (χ1) is 10.8. The number of benzene rings is 1. The van der Waals surface area contributed by atoms with Gasteiger partial charge >= 0.3 is 23.2 Å². The van der Waals surface area contributed by atoms with Gasteiger partial charge in [-0.05, 0) is 34.1 Å². The second-order valence-electron chi connectivity index (χ2n) is 4.52. The quantitative estimate of drug-likeness (QED) is 0.509. The number of carboxylic acids is 2. The average molecular weight is 381 g/mol. The van der Waals surface area contributed by atoms with Gasteiger partial charge in [0.05, 0.1) is 9.86 Å². The molecule has 0 bridgehead atoms. The molecule has 1 aromatic carbocycles. The number of carboxylic acid groups (broad SMARTS) is 2. The van der Waals surface area contributed by atoms with Gasteiger partial charge in [-0.2, -0.15) is 0 Å². The highest BCUT2D eigenvalue weighted by atomic mass is 79.9. The molecule has 0 atom stereocenters. The Morgan fingerprint density at radius 1 is 0.870 bits per heavy atom. The third-order valence-electron chi connectivity index (χ3n) is 3.13. The van der Waals surface area contributed by atoms with Gasteiger partial charge in [0, 0.05) is 5.39 Å². The number of hydrogen-bond acceptors (Lipinski definition) is 6. The zero-order valence-corrected chi connectivity index (χ0v) is 12.5. The van der Waals surface area contributed by atoms with E-state index in [-0.39, 0.29) is 26.4 Å². The second-order valence-corrected chi connectivity index (χ2v) is 5.38. The van der Waals surface area contributed by atoms with Crippen LogP contribution in [0.25, 0.3) is 21.9 Å². The number of carbonyl (C=O) groups is 2. The second kappa shape index (κ2) is 5.06. The minimum Gasteiger partial charge on any atom is -0.477 e. The van der Waals surface area contributed by atoms with Gasteiger partial charge in [-0.15, -0.1) is 0 Å². The fourth-order valence-corrected chi connectivity index (χ4v) is 2.66. The minimum atomic E-state index is -1.50. The van der Waals surface area contributed by atoms with Crippen molar-refractivity contribution < 1.29 is 28.6 Å². The minimum absolute atomic E-state index is 0.0151. The number of rotatable bonds is 2. The lowest BCUT2D eigenvalue weighted by molar-refractivity contribution is 0.0681. The van der Waals surface area contributed by atoms with E-state index >= 15 is 0 Å². The normalized spacial score (nSPS) is 11.0. The molecular formula is C14H5BrO8. The van der Waals surface area contributed by atoms with E-state index in [1.807, 2.05) is 0 Å². The van der Waals surface area contributed by atoms with Gasteiger partial charge in [-0.3, -0.25) is 0 Å². The van der Waals surface area contributed by atoms with Crippen LogP contribution in [0.4, 0.5) is 0 Å². The Bertz CT molecular complexity index is 1120. The van der Waals surface area contributed by atoms with Gasteiger partial charge in [0.2, 0.25) is 0 Å². The Morgan fingerprint density at radius 2 is 1.39 bits per heavy atom. The lowest BCUT2D eigenvalue weighted by Crippen LogP contribution is -2.14. The van der Waals surface area contributed by atoms with Crippen molar-refractivity contribution in [3.05, 3.63) is 54.6 Å². The monoisotopic (exact) mass is 380 g/mol. The maximum absolute atomic E-state index is 11.7. The van der Waals surface area contributed by atoms with Crippen molar-refractivity contribution in [2.75, 3.05) is 0 Å². The summed E-state index contributed by atoms with van der Waals surface area (Å²) in [5.41, 5.74) is -3.46. The van der Waals surface area contributed by atoms with Crippen molar-refractivity contribution in [3.63, 3.8) is 0 Å². The Hall–Kier alpha value is -2.94. The highest BCUT2D eigenvalue weighted by Gasteiger charge is 2.19. The molecule has 2 heterocycles. The van der Waals surface area contributed by atoms with Crippen LogP contribution in [0.2, 0.25) is 0 Å². The molecule has 2 aromatic heterocycles. The van der Waals surface area contributed by atoms with Crippen molar-refractivity contribution in [2.24, 2.45) is 0 Å². The summed E-state index contributed by atoms with van der Waals surface area (Å²) in [4.78, 5) is 45.4. The summed E-state index contributed by atoms with van der Waals surface area (Å²) in [5, 5.41) is 18.2. The highest BCUT2D eigenvalue weighted by Crippen LogP contribution is 2.31. The van der Waals surface area contributed by atoms with Gasteiger partial charge in [-0.1, -0.05) is 0 Å². The van der Waals surface area contributed by atoms with Crippen LogP contribution in [0, 0.1) is 0 Å². The molecule has 3 rings (SSSR count). The van der Waals surface area contributed by atoms with E-state index in [0.29, 0.717) is 0 Å². The van der Waals surface area contributed by atoms with Crippen molar-refractivity contribution in [3.8, 4) is 0 Å². The van der Waals surface area contributed by atoms with Crippen molar-refractivity contribution in [1.29, 1.82) is 0 Å². The van der Waals surface area contributed by atoms with Gasteiger partial charge in [0.1, 0.15) is 16.7 Å². The molecule has 0 fully saturated rings. The first kappa shape index (κ1) is 15.0. The first-order valence-electron chi connectivity index (χ1n) is 6.00. The van der Waals surface area contributed by atoms with Crippen LogP contribution in [0.15, 0.2) is 41.1 Å². The molecule has 0 saturated carbocycles. The molecule has 0 aliphatic carbocycles. The number of aromatic carboxylic acids is 2. The number of halogens is 1. The van der Waals surface area contributed by atoms with E-state index in [1.54, 1.807) is 0 Å². The molecule has 8 nitrogen and oxygen atoms in total. The van der Waals surface area contributed by atoms with Gasteiger partial charge in [-0.25, -0.2) is 19.2 Å². The van der Waals surface area contributed by atoms with E-state index in [0.717, 1.165) is 12.1 Å². The predicted octanol–water partition coefficient (Wildman–Crippen LogP) is 2.06. The lowest BCUT2D eigenvalue weighted by atomic mass is 10.1. The van der Waals surface area contributed by atoms with Gasteiger partial charge in [0.25, 0.3) is 0 Å². The van der Waals surface area contributed by atoms with Crippen LogP contribution in [-0.2, 0) is 0 Å². The number of hydrogen-bond donors (Lipinski definition) is 2. The summed E-state index contributed by atoms with van der Waals surface area (Å²) in [5.74, 6) is -2.96. The zero-order valence-electron chi connectivity index (χ0n) is 11.0. The van der Waals surface area contributed by atoms with Crippen LogP contribution >= 0.6 is 15.9 Å². The number of fused-ring (bicyclic) bond motifs is 3. The fraction of sp³-hybridized carbons (Fsp3) is 0. The molecule has 0 aliphatic rings. The molecule has 0 unspecified atom stereocenters. The summed E-state index contributed by atoms with van der Waals surface area (Å²) in [6, 6.07) is 3.51. The highest BCUT2D eigenvalue weighted by molar-refractivity contribution is 9.10. The summed E-state index contributed by atoms with van der Waals surface area (Å²) in [6.07, 6.45) is 0. The molecule has 0 spiro atoms. The van der Waals surface area contributed by atoms with Crippen molar-refractivity contribution in [1.82, 2.24) is 0 Å². The van der Waals surface area contributed by atoms with Crippen LogP contribution in [0.5, 0.6) is 0 Å². The summed E-state index contributed by atoms with van der Waals surface area (Å²) < 4.78 is 10.2. The smallest absolute Gasteiger partial charge is 0.351 e. The Kier molecular flexibility index (Phi) is 3.29. The zero-order chi connectivity index (χ0) is 16.9. The molecule has 9 heteroatoms. The first-order valence-corrected chi connectivity index (χ1v) is 6.79. The molecule has 3 aromatic rings. The molecule has 0 amide bonds. The van der Waals surface area contributed by atoms with Crippen LogP contribution in [-0.4, -0.2) is 22.2 Å². The van der Waals surface area contributed by atoms with Crippen LogP contribution in [0.3, 0.4) is 0 Å². The SMILES string of the molecule is O=C(O)c1cc2c(oc1=O)c(Br)cc1cc(C(=O)O)c(=O)oc12. The van der Waals surface area contributed by atoms with Crippen molar-refractivity contribution in [2.45, 2.75) is 0 Å². The Balaban J connectivity index is 2.56. The van der Waals surface area contributed by atoms with E-state index in [1.165, 1.54) is 6.07 Å². The van der Waals surface area contributed by atoms with E-state index in [4.69, 9.17) is 19.0 Å². The van der Waals surface area contributed by atoms with Crippen LogP contribution in [0.1, 0.15) is 20.7 Å². The summed E-state index contributed by atoms with van der Waals surface area (Å²) in [7, 11) is 0. The standard InChI is InChI=1S/C14H5BrO8/c15-8-2-4-1-6(11(16)17)13(20)22-9(4)5-3-7(12(18)19)14(21)23-10(5)8/h1-3H,(H,16,17)(H,18,19). The molecule has 116 valence electrons. The molecule has 2 N–H and O–H groups in total. The third kappa shape index (κ3) is 2.30. The van der Waals surface area contributed by atoms with Gasteiger partial charge in [0.15, 0.2) is 5.58 Å². The van der Waals surface area contributed by atoms with Gasteiger partial charge < -0.3 is 19.0 Å². The van der Waals surface area contributed by atoms with Crippen molar-refractivity contribution >= 4 is 49.8 Å². The van der Waals surface area contributed by atoms with E-state index < -0.39 is 34.3 Å². The molecular weight excluding hydrogens is 376 g/mol. The lowest BCUT2D eigenvalue weighted by Gasteiger charge is -2.05. The fourth-order valence-electron chi connectivity index (χ4n) is 2.12. The predicted molar refractivity (Wildman–Crippen MR) is 80.1 cm³/mol. The maximum Gasteiger partial charge on any atom is 0.351 e. The topological polar surface area (TPSA) is 135 Å². The van der Waals surface area contributed by atoms with Crippen LogP contribution < -0.4 is 11.3 Å². The Labute approximate surface area is 133 Å². The third-order valence-corrected chi connectivity index (χ3v) is 3.72. The average Bonchev–Trinajstić information content (AvgIpc) is 2.47. The van der Waals surface area contributed by atoms with E-state index in [2.05, 4.69) is 15.9 Å². The largest absolute Gasteiger partial charge is 0.477 e. The summed E-state index contributed by atoms with van der Waals surface area (Å²) >= 11 is 3.15. The molecule has 0 radical (unpaired) electrons. The Morgan fingerprint density at radius 3 is 1.96 bits per heavy atom. The molecule has 0 saturated heterocycles. The van der Waals surface area contributed by atoms with E-state index in [9.17, 15) is 19.2 Å². The molecule has 23 heavy (non-hydrogen) atoms.